The molecular formula is C18H27N5O2. The lowest BCUT2D eigenvalue weighted by molar-refractivity contribution is -0.0386. The van der Waals surface area contributed by atoms with E-state index in [0.29, 0.717) is 19.0 Å². The van der Waals surface area contributed by atoms with E-state index in [1.165, 1.54) is 12.8 Å². The quantitative estimate of drug-likeness (QED) is 0.913. The molecule has 0 bridgehead atoms. The third-order valence-electron chi connectivity index (χ3n) is 5.29. The lowest BCUT2D eigenvalue weighted by Crippen LogP contribution is -2.29. The van der Waals surface area contributed by atoms with Crippen LogP contribution in [-0.4, -0.2) is 56.3 Å². The number of rotatable bonds is 4. The molecule has 0 unspecified atom stereocenters. The van der Waals surface area contributed by atoms with E-state index in [4.69, 9.17) is 14.7 Å². The van der Waals surface area contributed by atoms with E-state index in [1.54, 1.807) is 0 Å². The summed E-state index contributed by atoms with van der Waals surface area (Å²) in [5.74, 6) is 2.24. The second-order valence-corrected chi connectivity index (χ2v) is 7.59. The van der Waals surface area contributed by atoms with E-state index < -0.39 is 6.10 Å². The molecule has 136 valence electrons. The zero-order valence-corrected chi connectivity index (χ0v) is 15.2. The fraction of sp³-hybridized carbons (Fsp3) is 0.722. The van der Waals surface area contributed by atoms with Crippen LogP contribution in [0.25, 0.3) is 11.0 Å². The molecular weight excluding hydrogens is 318 g/mol. The van der Waals surface area contributed by atoms with Crippen LogP contribution < -0.4 is 4.90 Å². The summed E-state index contributed by atoms with van der Waals surface area (Å²) in [6.07, 6.45) is 6.05. The number of nitrogens with zero attached hydrogens (tertiary/aromatic N) is 5. The Bertz CT molecular complexity index is 753. The maximum Gasteiger partial charge on any atom is 0.163 e. The van der Waals surface area contributed by atoms with Crippen molar-refractivity contribution in [2.45, 2.75) is 63.8 Å². The molecule has 25 heavy (non-hydrogen) atoms. The minimum atomic E-state index is -0.501. The van der Waals surface area contributed by atoms with Gasteiger partial charge in [-0.15, -0.1) is 0 Å². The van der Waals surface area contributed by atoms with Gasteiger partial charge in [0, 0.05) is 26.1 Å². The minimum absolute atomic E-state index is 0.0949. The highest BCUT2D eigenvalue weighted by Gasteiger charge is 2.35. The number of aromatic nitrogens is 4. The van der Waals surface area contributed by atoms with Crippen LogP contribution in [0.15, 0.2) is 6.20 Å². The number of ether oxygens (including phenoxy) is 1. The second-order valence-electron chi connectivity index (χ2n) is 7.59. The largest absolute Gasteiger partial charge is 0.388 e. The fourth-order valence-corrected chi connectivity index (χ4v) is 4.04. The predicted molar refractivity (Wildman–Crippen MR) is 95.7 cm³/mol. The van der Waals surface area contributed by atoms with Gasteiger partial charge >= 0.3 is 0 Å². The van der Waals surface area contributed by atoms with E-state index in [0.717, 1.165) is 35.5 Å². The third-order valence-corrected chi connectivity index (χ3v) is 5.29. The summed E-state index contributed by atoms with van der Waals surface area (Å²) >= 11 is 0. The summed E-state index contributed by atoms with van der Waals surface area (Å²) < 4.78 is 7.68. The van der Waals surface area contributed by atoms with Crippen LogP contribution in [0.1, 0.15) is 51.3 Å². The van der Waals surface area contributed by atoms with Crippen LogP contribution in [0.5, 0.6) is 0 Å². The van der Waals surface area contributed by atoms with Gasteiger partial charge in [-0.05, 0) is 26.7 Å². The Labute approximate surface area is 148 Å². The number of hydrogen-bond acceptors (Lipinski definition) is 6. The molecule has 2 fully saturated rings. The number of β-amino-alcohol motifs (C(OH)–C–C–N with tert-alkyl or cyclic N) is 1. The Kier molecular flexibility index (Phi) is 4.37. The van der Waals surface area contributed by atoms with Crippen LogP contribution in [0.2, 0.25) is 0 Å². The molecule has 2 aromatic rings. The number of aryl methyl sites for hydroxylation is 1. The van der Waals surface area contributed by atoms with E-state index in [2.05, 4.69) is 10.00 Å². The Morgan fingerprint density at radius 1 is 1.20 bits per heavy atom. The monoisotopic (exact) mass is 345 g/mol. The second kappa shape index (κ2) is 6.53. The van der Waals surface area contributed by atoms with Gasteiger partial charge in [-0.2, -0.15) is 5.10 Å². The van der Waals surface area contributed by atoms with E-state index in [-0.39, 0.29) is 12.2 Å². The van der Waals surface area contributed by atoms with Gasteiger partial charge in [0.1, 0.15) is 17.7 Å². The fourth-order valence-electron chi connectivity index (χ4n) is 4.04. The smallest absolute Gasteiger partial charge is 0.163 e. The van der Waals surface area contributed by atoms with Gasteiger partial charge in [0.15, 0.2) is 5.65 Å². The predicted octanol–water partition coefficient (Wildman–Crippen LogP) is 2.00. The summed E-state index contributed by atoms with van der Waals surface area (Å²) in [4.78, 5) is 11.9. The van der Waals surface area contributed by atoms with Gasteiger partial charge in [0.2, 0.25) is 0 Å². The number of aliphatic hydroxyl groups excluding tert-OH is 1. The molecule has 0 spiro atoms. The highest BCUT2D eigenvalue weighted by molar-refractivity contribution is 5.87. The van der Waals surface area contributed by atoms with Crippen molar-refractivity contribution in [1.29, 1.82) is 0 Å². The maximum absolute atomic E-state index is 10.4. The molecule has 7 nitrogen and oxygen atoms in total. The van der Waals surface area contributed by atoms with Crippen molar-refractivity contribution < 1.29 is 9.84 Å². The van der Waals surface area contributed by atoms with Crippen LogP contribution >= 0.6 is 0 Å². The number of aliphatic hydroxyl groups is 1. The van der Waals surface area contributed by atoms with E-state index in [9.17, 15) is 5.11 Å². The Morgan fingerprint density at radius 3 is 2.68 bits per heavy atom. The number of hydrogen-bond donors (Lipinski definition) is 1. The zero-order chi connectivity index (χ0) is 17.6. The van der Waals surface area contributed by atoms with Crippen molar-refractivity contribution in [2.75, 3.05) is 18.0 Å². The maximum atomic E-state index is 10.4. The van der Waals surface area contributed by atoms with E-state index >= 15 is 0 Å². The molecule has 1 aliphatic carbocycles. The summed E-state index contributed by atoms with van der Waals surface area (Å²) in [5, 5.41) is 15.7. The molecule has 1 N–H and O–H groups in total. The molecule has 3 heterocycles. The van der Waals surface area contributed by atoms with Gasteiger partial charge in [0.05, 0.1) is 23.8 Å². The summed E-state index contributed by atoms with van der Waals surface area (Å²) in [6.45, 7) is 5.17. The molecule has 0 radical (unpaired) electrons. The highest BCUT2D eigenvalue weighted by atomic mass is 16.5. The van der Waals surface area contributed by atoms with Crippen molar-refractivity contribution >= 4 is 16.9 Å². The van der Waals surface area contributed by atoms with Gasteiger partial charge in [-0.1, -0.05) is 12.8 Å². The first-order valence-corrected chi connectivity index (χ1v) is 9.31. The van der Waals surface area contributed by atoms with Crippen molar-refractivity contribution in [3.05, 3.63) is 12.0 Å². The van der Waals surface area contributed by atoms with E-state index in [1.807, 2.05) is 31.8 Å². The SMILES string of the molecule is CC(C)O[C@@H]1CN(c2nc(C3CCCC3)nc3c2cnn3C)C[C@H]1O. The average Bonchev–Trinajstić information content (AvgIpc) is 3.29. The normalized spacial score (nSPS) is 24.9. The van der Waals surface area contributed by atoms with Gasteiger partial charge in [-0.25, -0.2) is 9.97 Å². The summed E-state index contributed by atoms with van der Waals surface area (Å²) in [5.41, 5.74) is 0.870. The van der Waals surface area contributed by atoms with Crippen molar-refractivity contribution in [3.63, 3.8) is 0 Å². The molecule has 0 amide bonds. The first-order valence-electron chi connectivity index (χ1n) is 9.31. The Balaban J connectivity index is 1.71. The van der Waals surface area contributed by atoms with Gasteiger partial charge in [-0.3, -0.25) is 4.68 Å². The molecule has 0 aromatic carbocycles. The van der Waals surface area contributed by atoms with Crippen LogP contribution in [0.4, 0.5) is 5.82 Å². The summed E-state index contributed by atoms with van der Waals surface area (Å²) in [6, 6.07) is 0. The van der Waals surface area contributed by atoms with Gasteiger partial charge < -0.3 is 14.7 Å². The molecule has 2 aliphatic rings. The molecule has 2 aromatic heterocycles. The molecule has 1 saturated heterocycles. The molecule has 7 heteroatoms. The van der Waals surface area contributed by atoms with Crippen LogP contribution in [-0.2, 0) is 11.8 Å². The number of fused-ring (bicyclic) bond motifs is 1. The Morgan fingerprint density at radius 2 is 1.96 bits per heavy atom. The van der Waals surface area contributed by atoms with Gasteiger partial charge in [0.25, 0.3) is 0 Å². The first-order chi connectivity index (χ1) is 12.0. The lowest BCUT2D eigenvalue weighted by atomic mass is 10.1. The summed E-state index contributed by atoms with van der Waals surface area (Å²) in [7, 11) is 1.92. The number of anilines is 1. The zero-order valence-electron chi connectivity index (χ0n) is 15.2. The molecule has 1 aliphatic heterocycles. The third kappa shape index (κ3) is 3.11. The lowest BCUT2D eigenvalue weighted by Gasteiger charge is -2.20. The highest BCUT2D eigenvalue weighted by Crippen LogP contribution is 2.35. The van der Waals surface area contributed by atoms with Crippen molar-refractivity contribution in [1.82, 2.24) is 19.7 Å². The van der Waals surface area contributed by atoms with Crippen LogP contribution in [0, 0.1) is 0 Å². The molecule has 1 saturated carbocycles. The standard InChI is InChI=1S/C18H27N5O2/c1-11(2)25-15-10-23(9-14(15)24)18-13-8-19-22(3)17(13)20-16(21-18)12-6-4-5-7-12/h8,11-12,14-15,24H,4-7,9-10H2,1-3H3/t14-,15-/m1/s1. The van der Waals surface area contributed by atoms with Crippen LogP contribution in [0.3, 0.4) is 0 Å². The van der Waals surface area contributed by atoms with Crippen molar-refractivity contribution in [2.24, 2.45) is 7.05 Å². The molecule has 4 rings (SSSR count). The average molecular weight is 345 g/mol. The molecule has 2 atom stereocenters. The Hall–Kier alpha value is -1.73. The topological polar surface area (TPSA) is 76.3 Å². The first kappa shape index (κ1) is 16.7. The minimum Gasteiger partial charge on any atom is -0.388 e. The van der Waals surface area contributed by atoms with Crippen molar-refractivity contribution in [3.8, 4) is 0 Å².